The molecule has 1 aliphatic rings. The number of aryl methyl sites for hydroxylation is 2. The molecule has 0 spiro atoms. The maximum atomic E-state index is 12.7. The molecule has 2 amide bonds. The summed E-state index contributed by atoms with van der Waals surface area (Å²) < 4.78 is 0. The van der Waals surface area contributed by atoms with Crippen LogP contribution in [0.3, 0.4) is 0 Å². The minimum Gasteiger partial charge on any atom is -0.508 e. The van der Waals surface area contributed by atoms with E-state index in [0.29, 0.717) is 42.6 Å². The van der Waals surface area contributed by atoms with E-state index in [4.69, 9.17) is 0 Å². The zero-order valence-corrected chi connectivity index (χ0v) is 17.1. The summed E-state index contributed by atoms with van der Waals surface area (Å²) in [7, 11) is 0. The molecule has 2 heterocycles. The van der Waals surface area contributed by atoms with E-state index in [0.717, 1.165) is 16.9 Å². The molecule has 0 radical (unpaired) electrons. The Bertz CT molecular complexity index is 1120. The number of likely N-dealkylation sites (tertiary alicyclic amines) is 1. The van der Waals surface area contributed by atoms with Crippen molar-refractivity contribution in [2.24, 2.45) is 0 Å². The number of nitrogens with zero attached hydrogens (tertiary/aromatic N) is 3. The van der Waals surface area contributed by atoms with Crippen LogP contribution < -0.4 is 5.32 Å². The molecule has 1 fully saturated rings. The molecular weight excluding hydrogens is 380 g/mol. The number of nitrogens with one attached hydrogen (secondary N) is 1. The van der Waals surface area contributed by atoms with Gasteiger partial charge in [-0.1, -0.05) is 6.07 Å². The monoisotopic (exact) mass is 404 g/mol. The highest BCUT2D eigenvalue weighted by Gasteiger charge is 2.25. The number of phenols is 1. The first-order valence-corrected chi connectivity index (χ1v) is 10.0. The van der Waals surface area contributed by atoms with Crippen molar-refractivity contribution >= 4 is 22.8 Å². The van der Waals surface area contributed by atoms with Crippen molar-refractivity contribution in [1.29, 1.82) is 0 Å². The van der Waals surface area contributed by atoms with Gasteiger partial charge in [0.15, 0.2) is 0 Å². The van der Waals surface area contributed by atoms with E-state index in [1.165, 1.54) is 6.07 Å². The molecule has 1 saturated heterocycles. The minimum absolute atomic E-state index is 0.00672. The average Bonchev–Trinajstić information content (AvgIpc) is 2.74. The summed E-state index contributed by atoms with van der Waals surface area (Å²) in [5, 5.41) is 12.6. The van der Waals surface area contributed by atoms with Gasteiger partial charge in [0, 0.05) is 30.3 Å². The Morgan fingerprint density at radius 1 is 0.967 bits per heavy atom. The lowest BCUT2D eigenvalue weighted by atomic mass is 10.0. The van der Waals surface area contributed by atoms with Crippen LogP contribution in [0.15, 0.2) is 42.5 Å². The predicted molar refractivity (Wildman–Crippen MR) is 114 cm³/mol. The molecule has 1 aromatic heterocycles. The Kier molecular flexibility index (Phi) is 5.35. The molecule has 0 aliphatic carbocycles. The van der Waals surface area contributed by atoms with Crippen molar-refractivity contribution in [2.45, 2.75) is 32.7 Å². The van der Waals surface area contributed by atoms with Gasteiger partial charge in [-0.25, -0.2) is 9.97 Å². The van der Waals surface area contributed by atoms with Gasteiger partial charge in [0.1, 0.15) is 5.75 Å². The van der Waals surface area contributed by atoms with E-state index >= 15 is 0 Å². The summed E-state index contributed by atoms with van der Waals surface area (Å²) in [6.07, 6.45) is 1.37. The third kappa shape index (κ3) is 4.10. The van der Waals surface area contributed by atoms with Crippen LogP contribution in [0.25, 0.3) is 11.0 Å². The van der Waals surface area contributed by atoms with Gasteiger partial charge in [-0.15, -0.1) is 0 Å². The van der Waals surface area contributed by atoms with Gasteiger partial charge in [0.25, 0.3) is 11.8 Å². The van der Waals surface area contributed by atoms with E-state index in [9.17, 15) is 14.7 Å². The third-order valence-electron chi connectivity index (χ3n) is 5.55. The van der Waals surface area contributed by atoms with E-state index in [2.05, 4.69) is 15.3 Å². The number of carbonyl (C=O) groups excluding carboxylic acids is 2. The van der Waals surface area contributed by atoms with Gasteiger partial charge in [-0.2, -0.15) is 0 Å². The number of piperidine rings is 1. The fourth-order valence-corrected chi connectivity index (χ4v) is 3.69. The van der Waals surface area contributed by atoms with Gasteiger partial charge in [0.2, 0.25) is 0 Å². The quantitative estimate of drug-likeness (QED) is 0.700. The molecule has 3 aromatic rings. The molecule has 0 atom stereocenters. The number of aromatic nitrogens is 2. The molecule has 30 heavy (non-hydrogen) atoms. The summed E-state index contributed by atoms with van der Waals surface area (Å²) >= 11 is 0. The fourth-order valence-electron chi connectivity index (χ4n) is 3.69. The number of phenolic OH excluding ortho intramolecular Hbond substituents is 1. The largest absolute Gasteiger partial charge is 0.508 e. The van der Waals surface area contributed by atoms with Crippen molar-refractivity contribution in [3.8, 4) is 5.75 Å². The lowest BCUT2D eigenvalue weighted by Gasteiger charge is -2.32. The number of hydrogen-bond acceptors (Lipinski definition) is 5. The topological polar surface area (TPSA) is 95.4 Å². The van der Waals surface area contributed by atoms with Crippen LogP contribution in [0.4, 0.5) is 0 Å². The number of benzene rings is 2. The highest BCUT2D eigenvalue weighted by Crippen LogP contribution is 2.18. The van der Waals surface area contributed by atoms with Gasteiger partial charge < -0.3 is 15.3 Å². The molecule has 2 N–H and O–H groups in total. The van der Waals surface area contributed by atoms with E-state index in [1.54, 1.807) is 35.2 Å². The molecule has 2 aromatic carbocycles. The van der Waals surface area contributed by atoms with Gasteiger partial charge >= 0.3 is 0 Å². The van der Waals surface area contributed by atoms with Crippen molar-refractivity contribution in [3.63, 3.8) is 0 Å². The van der Waals surface area contributed by atoms with Crippen LogP contribution in [-0.2, 0) is 0 Å². The smallest absolute Gasteiger partial charge is 0.253 e. The Morgan fingerprint density at radius 2 is 1.67 bits per heavy atom. The summed E-state index contributed by atoms with van der Waals surface area (Å²) in [5.41, 5.74) is 4.24. The molecule has 7 heteroatoms. The van der Waals surface area contributed by atoms with Crippen LogP contribution in [0.1, 0.15) is 44.9 Å². The van der Waals surface area contributed by atoms with Gasteiger partial charge in [-0.3, -0.25) is 9.59 Å². The number of aromatic hydroxyl groups is 1. The van der Waals surface area contributed by atoms with E-state index < -0.39 is 0 Å². The first-order chi connectivity index (χ1) is 14.4. The second kappa shape index (κ2) is 8.10. The Balaban J connectivity index is 1.38. The molecule has 1 aliphatic heterocycles. The normalized spacial score (nSPS) is 14.7. The SMILES string of the molecule is Cc1nc2ccc(C(=O)NC3CCN(C(=O)c4cccc(O)c4)CC3)cc2nc1C. The zero-order valence-electron chi connectivity index (χ0n) is 17.1. The Morgan fingerprint density at radius 3 is 2.37 bits per heavy atom. The third-order valence-corrected chi connectivity index (χ3v) is 5.55. The first kappa shape index (κ1) is 19.8. The van der Waals surface area contributed by atoms with Gasteiger partial charge in [0.05, 0.1) is 22.4 Å². The van der Waals surface area contributed by atoms with Crippen molar-refractivity contribution in [1.82, 2.24) is 20.2 Å². The lowest BCUT2D eigenvalue weighted by molar-refractivity contribution is 0.0697. The van der Waals surface area contributed by atoms with E-state index in [1.807, 2.05) is 19.9 Å². The molecule has 0 saturated carbocycles. The standard InChI is InChI=1S/C23H24N4O3/c1-14-15(2)25-21-13-16(6-7-20(21)24-14)22(29)26-18-8-10-27(11-9-18)23(30)17-4-3-5-19(28)12-17/h3-7,12-13,18,28H,8-11H2,1-2H3,(H,26,29). The highest BCUT2D eigenvalue weighted by atomic mass is 16.3. The van der Waals surface area contributed by atoms with Crippen LogP contribution in [0, 0.1) is 13.8 Å². The van der Waals surface area contributed by atoms with Crippen LogP contribution in [-0.4, -0.2) is 50.9 Å². The summed E-state index contributed by atoms with van der Waals surface area (Å²) in [6.45, 7) is 4.93. The molecule has 7 nitrogen and oxygen atoms in total. The second-order valence-electron chi connectivity index (χ2n) is 7.69. The number of hydrogen-bond donors (Lipinski definition) is 2. The summed E-state index contributed by atoms with van der Waals surface area (Å²) in [6, 6.07) is 11.7. The molecule has 0 unspecified atom stereocenters. The summed E-state index contributed by atoms with van der Waals surface area (Å²) in [5.74, 6) is -0.169. The number of rotatable bonds is 3. The average molecular weight is 404 g/mol. The molecule has 0 bridgehead atoms. The molecule has 4 rings (SSSR count). The maximum absolute atomic E-state index is 12.7. The van der Waals surface area contributed by atoms with Crippen molar-refractivity contribution in [2.75, 3.05) is 13.1 Å². The van der Waals surface area contributed by atoms with Crippen LogP contribution >= 0.6 is 0 Å². The number of carbonyl (C=O) groups is 2. The Hall–Kier alpha value is -3.48. The second-order valence-corrected chi connectivity index (χ2v) is 7.69. The number of amides is 2. The predicted octanol–water partition coefficient (Wildman–Crippen LogP) is 2.99. The van der Waals surface area contributed by atoms with Crippen LogP contribution in [0.2, 0.25) is 0 Å². The van der Waals surface area contributed by atoms with Crippen molar-refractivity contribution in [3.05, 3.63) is 65.0 Å². The molecular formula is C23H24N4O3. The van der Waals surface area contributed by atoms with Crippen molar-refractivity contribution < 1.29 is 14.7 Å². The Labute approximate surface area is 174 Å². The highest BCUT2D eigenvalue weighted by molar-refractivity contribution is 5.97. The molecule has 154 valence electrons. The van der Waals surface area contributed by atoms with Crippen LogP contribution in [0.5, 0.6) is 5.75 Å². The fraction of sp³-hybridized carbons (Fsp3) is 0.304. The minimum atomic E-state index is -0.144. The van der Waals surface area contributed by atoms with Gasteiger partial charge in [-0.05, 0) is 63.1 Å². The maximum Gasteiger partial charge on any atom is 0.253 e. The lowest BCUT2D eigenvalue weighted by Crippen LogP contribution is -2.46. The zero-order chi connectivity index (χ0) is 21.3. The first-order valence-electron chi connectivity index (χ1n) is 10.0. The van der Waals surface area contributed by atoms with E-state index in [-0.39, 0.29) is 23.6 Å². The summed E-state index contributed by atoms with van der Waals surface area (Å²) in [4.78, 5) is 36.1. The number of fused-ring (bicyclic) bond motifs is 1.